The van der Waals surface area contributed by atoms with E-state index in [1.165, 1.54) is 12.8 Å². The fourth-order valence-electron chi connectivity index (χ4n) is 3.33. The summed E-state index contributed by atoms with van der Waals surface area (Å²) >= 11 is 0. The zero-order chi connectivity index (χ0) is 18.4. The van der Waals surface area contributed by atoms with Crippen LogP contribution in [0.4, 0.5) is 5.95 Å². The van der Waals surface area contributed by atoms with Crippen LogP contribution in [-0.4, -0.2) is 40.6 Å². The van der Waals surface area contributed by atoms with Gasteiger partial charge in [-0.2, -0.15) is 4.98 Å². The standard InChI is InChI=1S/C20H21N5O2/c1-20(4-5-20)11-24-19-23-10-15-14(9-22-17(15)25-19)12-2-3-13-16(8-12)27-7-6-21-18(13)26/h2-3,8-10H,4-7,11H2,1H3,(H,21,26)(H2,22,23,24,25). The van der Waals surface area contributed by atoms with E-state index >= 15 is 0 Å². The Morgan fingerprint density at radius 3 is 3.04 bits per heavy atom. The van der Waals surface area contributed by atoms with Gasteiger partial charge in [0, 0.05) is 29.9 Å². The molecule has 2 aromatic heterocycles. The number of fused-ring (bicyclic) bond motifs is 2. The number of aromatic nitrogens is 3. The van der Waals surface area contributed by atoms with Crippen LogP contribution >= 0.6 is 0 Å². The molecule has 1 amide bonds. The average Bonchev–Trinajstić information content (AvgIpc) is 3.32. The second-order valence-electron chi connectivity index (χ2n) is 7.64. The van der Waals surface area contributed by atoms with Gasteiger partial charge in [0.25, 0.3) is 5.91 Å². The Hall–Kier alpha value is -3.09. The topological polar surface area (TPSA) is 91.9 Å². The Kier molecular flexibility index (Phi) is 3.56. The zero-order valence-electron chi connectivity index (χ0n) is 15.1. The molecule has 1 aliphatic heterocycles. The molecule has 0 atom stereocenters. The van der Waals surface area contributed by atoms with Crippen molar-refractivity contribution in [3.63, 3.8) is 0 Å². The zero-order valence-corrected chi connectivity index (χ0v) is 15.1. The fourth-order valence-corrected chi connectivity index (χ4v) is 3.33. The maximum atomic E-state index is 12.1. The minimum Gasteiger partial charge on any atom is -0.491 e. The summed E-state index contributed by atoms with van der Waals surface area (Å²) in [5.41, 5.74) is 3.70. The number of aromatic amines is 1. The number of nitrogens with one attached hydrogen (secondary N) is 3. The predicted octanol–water partition coefficient (Wildman–Crippen LogP) is 2.96. The van der Waals surface area contributed by atoms with Crippen LogP contribution in [0.25, 0.3) is 22.2 Å². The lowest BCUT2D eigenvalue weighted by Crippen LogP contribution is -2.24. The molecule has 3 aromatic rings. The Morgan fingerprint density at radius 1 is 1.30 bits per heavy atom. The Morgan fingerprint density at radius 2 is 2.19 bits per heavy atom. The summed E-state index contributed by atoms with van der Waals surface area (Å²) < 4.78 is 5.72. The molecule has 5 rings (SSSR count). The monoisotopic (exact) mass is 363 g/mol. The van der Waals surface area contributed by atoms with Crippen molar-refractivity contribution in [2.24, 2.45) is 5.41 Å². The molecule has 1 aromatic carbocycles. The quantitative estimate of drug-likeness (QED) is 0.663. The number of anilines is 1. The highest BCUT2D eigenvalue weighted by atomic mass is 16.5. The number of amides is 1. The lowest BCUT2D eigenvalue weighted by atomic mass is 10.0. The van der Waals surface area contributed by atoms with Gasteiger partial charge >= 0.3 is 0 Å². The molecule has 3 heterocycles. The summed E-state index contributed by atoms with van der Waals surface area (Å²) in [5.74, 6) is 1.15. The molecule has 1 fully saturated rings. The molecule has 1 saturated carbocycles. The van der Waals surface area contributed by atoms with Gasteiger partial charge in [0.1, 0.15) is 18.0 Å². The summed E-state index contributed by atoms with van der Waals surface area (Å²) in [6, 6.07) is 5.63. The maximum absolute atomic E-state index is 12.1. The van der Waals surface area contributed by atoms with Crippen LogP contribution in [0, 0.1) is 5.41 Å². The van der Waals surface area contributed by atoms with Crippen molar-refractivity contribution in [3.05, 3.63) is 36.2 Å². The van der Waals surface area contributed by atoms with Crippen LogP contribution in [0.5, 0.6) is 5.75 Å². The summed E-state index contributed by atoms with van der Waals surface area (Å²) in [5, 5.41) is 7.10. The minimum atomic E-state index is -0.101. The molecule has 0 unspecified atom stereocenters. The maximum Gasteiger partial charge on any atom is 0.255 e. The highest BCUT2D eigenvalue weighted by Crippen LogP contribution is 2.44. The Bertz CT molecular complexity index is 1040. The number of carbonyl (C=O) groups excluding carboxylic acids is 1. The Labute approximate surface area is 156 Å². The molecule has 7 nitrogen and oxygen atoms in total. The van der Waals surface area contributed by atoms with Crippen molar-refractivity contribution in [3.8, 4) is 16.9 Å². The number of carbonyl (C=O) groups is 1. The molecule has 2 aliphatic rings. The van der Waals surface area contributed by atoms with Crippen molar-refractivity contribution in [2.45, 2.75) is 19.8 Å². The lowest BCUT2D eigenvalue weighted by Gasteiger charge is -2.10. The average molecular weight is 363 g/mol. The number of H-pyrrole nitrogens is 1. The van der Waals surface area contributed by atoms with Gasteiger partial charge in [0.2, 0.25) is 5.95 Å². The fraction of sp³-hybridized carbons (Fsp3) is 0.350. The first-order valence-corrected chi connectivity index (χ1v) is 9.25. The van der Waals surface area contributed by atoms with Gasteiger partial charge in [-0.25, -0.2) is 4.98 Å². The van der Waals surface area contributed by atoms with Gasteiger partial charge in [0.15, 0.2) is 0 Å². The molecular weight excluding hydrogens is 342 g/mol. The van der Waals surface area contributed by atoms with E-state index in [0.717, 1.165) is 28.7 Å². The molecule has 1 aliphatic carbocycles. The number of ether oxygens (including phenoxy) is 1. The molecule has 0 saturated heterocycles. The van der Waals surface area contributed by atoms with Crippen molar-refractivity contribution < 1.29 is 9.53 Å². The van der Waals surface area contributed by atoms with Gasteiger partial charge in [-0.3, -0.25) is 4.79 Å². The number of rotatable bonds is 4. The summed E-state index contributed by atoms with van der Waals surface area (Å²) in [7, 11) is 0. The van der Waals surface area contributed by atoms with E-state index in [1.807, 2.05) is 24.5 Å². The number of benzene rings is 1. The highest BCUT2D eigenvalue weighted by molar-refractivity contribution is 5.99. The van der Waals surface area contributed by atoms with Crippen molar-refractivity contribution in [1.82, 2.24) is 20.3 Å². The summed E-state index contributed by atoms with van der Waals surface area (Å²) in [4.78, 5) is 24.4. The van der Waals surface area contributed by atoms with Crippen LogP contribution in [0.1, 0.15) is 30.1 Å². The molecular formula is C20H21N5O2. The van der Waals surface area contributed by atoms with E-state index in [1.54, 1.807) is 6.07 Å². The normalized spacial score (nSPS) is 17.6. The molecule has 138 valence electrons. The minimum absolute atomic E-state index is 0.101. The van der Waals surface area contributed by atoms with E-state index in [-0.39, 0.29) is 5.91 Å². The molecule has 3 N–H and O–H groups in total. The molecule has 7 heteroatoms. The SMILES string of the molecule is CC1(CNc2ncc3c(-c4ccc5c(c4)OCCNC5=O)c[nH]c3n2)CC1. The van der Waals surface area contributed by atoms with Crippen LogP contribution in [0.15, 0.2) is 30.6 Å². The molecule has 27 heavy (non-hydrogen) atoms. The summed E-state index contributed by atoms with van der Waals surface area (Å²) in [6.07, 6.45) is 6.27. The second-order valence-corrected chi connectivity index (χ2v) is 7.64. The highest BCUT2D eigenvalue weighted by Gasteiger charge is 2.37. The lowest BCUT2D eigenvalue weighted by molar-refractivity contribution is 0.0957. The van der Waals surface area contributed by atoms with Gasteiger partial charge in [0.05, 0.1) is 12.1 Å². The van der Waals surface area contributed by atoms with E-state index < -0.39 is 0 Å². The van der Waals surface area contributed by atoms with E-state index in [2.05, 4.69) is 32.5 Å². The van der Waals surface area contributed by atoms with Gasteiger partial charge in [-0.1, -0.05) is 13.0 Å². The first kappa shape index (κ1) is 16.1. The first-order valence-electron chi connectivity index (χ1n) is 9.25. The first-order chi connectivity index (χ1) is 13.1. The van der Waals surface area contributed by atoms with Gasteiger partial charge in [-0.15, -0.1) is 0 Å². The van der Waals surface area contributed by atoms with Crippen molar-refractivity contribution in [1.29, 1.82) is 0 Å². The van der Waals surface area contributed by atoms with Crippen LogP contribution in [0.3, 0.4) is 0 Å². The van der Waals surface area contributed by atoms with Crippen LogP contribution in [-0.2, 0) is 0 Å². The van der Waals surface area contributed by atoms with Crippen molar-refractivity contribution in [2.75, 3.05) is 25.0 Å². The molecule has 0 spiro atoms. The Balaban J connectivity index is 1.46. The summed E-state index contributed by atoms with van der Waals surface area (Å²) in [6.45, 7) is 4.15. The third-order valence-corrected chi connectivity index (χ3v) is 5.39. The van der Waals surface area contributed by atoms with E-state index in [0.29, 0.717) is 35.8 Å². The van der Waals surface area contributed by atoms with Gasteiger partial charge < -0.3 is 20.4 Å². The number of hydrogen-bond donors (Lipinski definition) is 3. The third-order valence-electron chi connectivity index (χ3n) is 5.39. The third kappa shape index (κ3) is 2.99. The smallest absolute Gasteiger partial charge is 0.255 e. The number of nitrogens with zero attached hydrogens (tertiary/aromatic N) is 2. The predicted molar refractivity (Wildman–Crippen MR) is 103 cm³/mol. The molecule has 0 bridgehead atoms. The largest absolute Gasteiger partial charge is 0.491 e. The van der Waals surface area contributed by atoms with Crippen LogP contribution < -0.4 is 15.4 Å². The second kappa shape index (κ2) is 5.97. The molecule has 0 radical (unpaired) electrons. The van der Waals surface area contributed by atoms with Crippen LogP contribution in [0.2, 0.25) is 0 Å². The van der Waals surface area contributed by atoms with E-state index in [4.69, 9.17) is 4.74 Å². The van der Waals surface area contributed by atoms with Crippen molar-refractivity contribution >= 4 is 22.9 Å². The van der Waals surface area contributed by atoms with E-state index in [9.17, 15) is 4.79 Å². The number of hydrogen-bond acceptors (Lipinski definition) is 5. The van der Waals surface area contributed by atoms with Gasteiger partial charge in [-0.05, 0) is 36.0 Å².